The summed E-state index contributed by atoms with van der Waals surface area (Å²) >= 11 is 0. The maximum absolute atomic E-state index is 13.2. The van der Waals surface area contributed by atoms with Crippen LogP contribution in [0.15, 0.2) is 85.1 Å². The van der Waals surface area contributed by atoms with E-state index in [0.29, 0.717) is 16.9 Å². The number of carbonyl (C=O) groups excluding carboxylic acids is 1. The largest absolute Gasteiger partial charge is 0.493 e. The molecule has 0 aliphatic heterocycles. The van der Waals surface area contributed by atoms with Gasteiger partial charge in [-0.1, -0.05) is 30.3 Å². The number of fused-ring (bicyclic) bond motifs is 1. The minimum Gasteiger partial charge on any atom is -0.453 e. The summed E-state index contributed by atoms with van der Waals surface area (Å²) in [4.78, 5) is 25.1. The first-order valence-corrected chi connectivity index (χ1v) is 12.1. The second-order valence-corrected chi connectivity index (χ2v) is 8.54. The fraction of sp³-hybridized carbons (Fsp3) is 0.103. The summed E-state index contributed by atoms with van der Waals surface area (Å²) in [5.74, 6) is -1.99. The van der Waals surface area contributed by atoms with E-state index in [1.165, 1.54) is 24.4 Å². The first kappa shape index (κ1) is 27.2. The van der Waals surface area contributed by atoms with Crippen molar-refractivity contribution in [2.45, 2.75) is 12.6 Å². The van der Waals surface area contributed by atoms with E-state index in [-0.39, 0.29) is 52.0 Å². The van der Waals surface area contributed by atoms with Crippen molar-refractivity contribution in [3.05, 3.63) is 96.2 Å². The molecule has 0 saturated heterocycles. The molecule has 2 heterocycles. The van der Waals surface area contributed by atoms with Gasteiger partial charge in [0.2, 0.25) is 0 Å². The fourth-order valence-corrected chi connectivity index (χ4v) is 3.85. The highest BCUT2D eigenvalue weighted by atomic mass is 19.4. The monoisotopic (exact) mass is 560 g/mol. The molecule has 0 saturated carbocycles. The molecule has 206 valence electrons. The summed E-state index contributed by atoms with van der Waals surface area (Å²) in [7, 11) is 0. The van der Waals surface area contributed by atoms with Crippen molar-refractivity contribution in [2.75, 3.05) is 6.61 Å². The zero-order chi connectivity index (χ0) is 29.0. The number of aliphatic hydroxyl groups excluding tert-OH is 1. The zero-order valence-corrected chi connectivity index (χ0v) is 21.0. The second kappa shape index (κ2) is 11.4. The molecule has 5 rings (SSSR count). The highest BCUT2D eigenvalue weighted by Gasteiger charge is 2.42. The lowest BCUT2D eigenvalue weighted by Crippen LogP contribution is -2.33. The Hall–Kier alpha value is -5.41. The number of nitriles is 1. The molecule has 0 aliphatic rings. The number of halogens is 3. The van der Waals surface area contributed by atoms with E-state index in [1.807, 2.05) is 6.07 Å². The minimum atomic E-state index is -5.28. The summed E-state index contributed by atoms with van der Waals surface area (Å²) in [6.45, 7) is -0.0353. The van der Waals surface area contributed by atoms with Crippen LogP contribution in [0.2, 0.25) is 0 Å². The topological polar surface area (TPSA) is 119 Å². The van der Waals surface area contributed by atoms with E-state index < -0.39 is 12.1 Å². The first-order valence-electron chi connectivity index (χ1n) is 12.1. The number of aliphatic hydroxyl groups is 1. The maximum Gasteiger partial charge on any atom is 0.493 e. The number of carbonyl (C=O) groups is 1. The Morgan fingerprint density at radius 2 is 1.68 bits per heavy atom. The van der Waals surface area contributed by atoms with Crippen molar-refractivity contribution in [3.63, 3.8) is 0 Å². The van der Waals surface area contributed by atoms with Gasteiger partial charge in [-0.25, -0.2) is 9.78 Å². The highest BCUT2D eigenvalue weighted by Crippen LogP contribution is 2.40. The molecule has 2 aromatic heterocycles. The number of nitrogens with zero attached hydrogens (tertiary/aromatic N) is 4. The van der Waals surface area contributed by atoms with E-state index in [9.17, 15) is 28.3 Å². The Morgan fingerprint density at radius 3 is 2.37 bits per heavy atom. The van der Waals surface area contributed by atoms with Crippen molar-refractivity contribution in [3.8, 4) is 40.6 Å². The quantitative estimate of drug-likeness (QED) is 0.260. The fourth-order valence-electron chi connectivity index (χ4n) is 3.85. The summed E-state index contributed by atoms with van der Waals surface area (Å²) in [5.41, 5.74) is 1.27. The van der Waals surface area contributed by atoms with Gasteiger partial charge >= 0.3 is 12.1 Å². The molecule has 12 heteroatoms. The summed E-state index contributed by atoms with van der Waals surface area (Å²) in [6.07, 6.45) is -3.43. The standard InChI is InChI=1S/C29H19F3N4O5/c30-29(31,32)28(38)41-36-23-16-26(39-20-10-8-18(9-11-20)12-14-37)25(40-24-7-2-1-5-19(24)17-33)15-22(23)35-27(36)21-6-3-4-13-34-21/h1-11,13,15-16,37H,12,14H2. The van der Waals surface area contributed by atoms with Gasteiger partial charge in [0.15, 0.2) is 17.3 Å². The number of pyridine rings is 1. The van der Waals surface area contributed by atoms with Gasteiger partial charge in [0, 0.05) is 24.9 Å². The lowest BCUT2D eigenvalue weighted by atomic mass is 10.1. The van der Waals surface area contributed by atoms with E-state index in [0.717, 1.165) is 5.56 Å². The molecule has 9 nitrogen and oxygen atoms in total. The van der Waals surface area contributed by atoms with Gasteiger partial charge in [-0.3, -0.25) is 4.98 Å². The number of para-hydroxylation sites is 1. The molecule has 5 aromatic rings. The van der Waals surface area contributed by atoms with Gasteiger partial charge in [0.05, 0.1) is 11.1 Å². The van der Waals surface area contributed by atoms with E-state index in [1.54, 1.807) is 60.7 Å². The smallest absolute Gasteiger partial charge is 0.453 e. The number of alkyl halides is 3. The van der Waals surface area contributed by atoms with Crippen LogP contribution in [0.5, 0.6) is 23.0 Å². The average molecular weight is 560 g/mol. The normalized spacial score (nSPS) is 11.2. The third-order valence-corrected chi connectivity index (χ3v) is 5.76. The highest BCUT2D eigenvalue weighted by molar-refractivity contribution is 5.85. The van der Waals surface area contributed by atoms with Crippen molar-refractivity contribution in [2.24, 2.45) is 0 Å². The second-order valence-electron chi connectivity index (χ2n) is 8.54. The molecule has 1 N–H and O–H groups in total. The lowest BCUT2D eigenvalue weighted by molar-refractivity contribution is -0.199. The van der Waals surface area contributed by atoms with Crippen LogP contribution < -0.4 is 14.3 Å². The van der Waals surface area contributed by atoms with Gasteiger partial charge in [0.1, 0.15) is 28.8 Å². The molecule has 3 aromatic carbocycles. The van der Waals surface area contributed by atoms with Gasteiger partial charge < -0.3 is 19.4 Å². The van der Waals surface area contributed by atoms with Crippen LogP contribution in [-0.2, 0) is 11.2 Å². The predicted molar refractivity (Wildman–Crippen MR) is 139 cm³/mol. The number of hydrogen-bond donors (Lipinski definition) is 1. The molecule has 0 radical (unpaired) electrons. The van der Waals surface area contributed by atoms with E-state index in [4.69, 9.17) is 14.3 Å². The van der Waals surface area contributed by atoms with Crippen LogP contribution in [0, 0.1) is 11.3 Å². The number of hydrogen-bond acceptors (Lipinski definition) is 8. The third-order valence-electron chi connectivity index (χ3n) is 5.76. The Labute approximate surface area is 230 Å². The molecule has 0 amide bonds. The average Bonchev–Trinajstić information content (AvgIpc) is 3.31. The molecule has 0 unspecified atom stereocenters. The molecule has 0 spiro atoms. The maximum atomic E-state index is 13.2. The van der Waals surface area contributed by atoms with Crippen LogP contribution in [-0.4, -0.2) is 38.6 Å². The molecule has 0 aliphatic carbocycles. The SMILES string of the molecule is N#Cc1ccccc1Oc1cc2nc(-c3ccccn3)n(OC(=O)C(F)(F)F)c2cc1Oc1ccc(CCO)cc1. The van der Waals surface area contributed by atoms with Gasteiger partial charge in [-0.2, -0.15) is 23.2 Å². The Kier molecular flexibility index (Phi) is 7.53. The Balaban J connectivity index is 1.68. The third kappa shape index (κ3) is 5.95. The van der Waals surface area contributed by atoms with Crippen LogP contribution in [0.1, 0.15) is 11.1 Å². The lowest BCUT2D eigenvalue weighted by Gasteiger charge is -2.15. The molecule has 0 fully saturated rings. The van der Waals surface area contributed by atoms with Crippen LogP contribution in [0.3, 0.4) is 0 Å². The van der Waals surface area contributed by atoms with Gasteiger partial charge in [-0.05, 0) is 48.4 Å². The minimum absolute atomic E-state index is 0.0249. The van der Waals surface area contributed by atoms with Crippen molar-refractivity contribution in [1.82, 2.24) is 14.7 Å². The van der Waals surface area contributed by atoms with Gasteiger partial charge in [-0.15, -0.1) is 0 Å². The first-order chi connectivity index (χ1) is 19.8. The Morgan fingerprint density at radius 1 is 0.951 bits per heavy atom. The van der Waals surface area contributed by atoms with Crippen LogP contribution in [0.4, 0.5) is 13.2 Å². The Bertz CT molecular complexity index is 1750. The van der Waals surface area contributed by atoms with Crippen molar-refractivity contribution in [1.29, 1.82) is 5.26 Å². The van der Waals surface area contributed by atoms with Crippen molar-refractivity contribution >= 4 is 17.0 Å². The number of imidazole rings is 1. The molecular weight excluding hydrogens is 541 g/mol. The number of rotatable bonds is 8. The zero-order valence-electron chi connectivity index (χ0n) is 21.0. The van der Waals surface area contributed by atoms with Crippen LogP contribution in [0.25, 0.3) is 22.6 Å². The van der Waals surface area contributed by atoms with Crippen molar-refractivity contribution < 1.29 is 37.4 Å². The number of ether oxygens (including phenoxy) is 2. The molecule has 0 bridgehead atoms. The summed E-state index contributed by atoms with van der Waals surface area (Å²) in [6, 6.07) is 22.6. The summed E-state index contributed by atoms with van der Waals surface area (Å²) in [5, 5.41) is 18.7. The van der Waals surface area contributed by atoms with Gasteiger partial charge in [0.25, 0.3) is 0 Å². The predicted octanol–water partition coefficient (Wildman–Crippen LogP) is 5.61. The molecule has 0 atom stereocenters. The van der Waals surface area contributed by atoms with E-state index >= 15 is 0 Å². The number of benzene rings is 3. The van der Waals surface area contributed by atoms with E-state index in [2.05, 4.69) is 9.97 Å². The van der Waals surface area contributed by atoms with Crippen LogP contribution >= 0.6 is 0 Å². The molecule has 41 heavy (non-hydrogen) atoms. The number of aromatic nitrogens is 3. The molecular formula is C29H19F3N4O5. The summed E-state index contributed by atoms with van der Waals surface area (Å²) < 4.78 is 52.3.